The number of thioether (sulfide) groups is 1. The van der Waals surface area contributed by atoms with Crippen molar-refractivity contribution >= 4 is 27.7 Å². The SMILES string of the molecule is CC[C@H](NC(=O)[C@@H](CSc1ccc(F)cc1)NS(C)(=O)=O)[C@H](O)CC1C[C@@H](C)CC[C@H]1C.[HH].[HH]. The third-order valence-corrected chi connectivity index (χ3v) is 8.12. The van der Waals surface area contributed by atoms with E-state index in [1.165, 1.54) is 30.3 Å². The van der Waals surface area contributed by atoms with Gasteiger partial charge in [0.15, 0.2) is 0 Å². The van der Waals surface area contributed by atoms with E-state index < -0.39 is 34.1 Å². The van der Waals surface area contributed by atoms with Gasteiger partial charge < -0.3 is 10.4 Å². The second-order valence-electron chi connectivity index (χ2n) is 9.19. The van der Waals surface area contributed by atoms with Crippen LogP contribution >= 0.6 is 11.8 Å². The summed E-state index contributed by atoms with van der Waals surface area (Å²) in [7, 11) is -3.63. The van der Waals surface area contributed by atoms with Crippen LogP contribution in [0.25, 0.3) is 0 Å². The molecule has 6 atom stereocenters. The van der Waals surface area contributed by atoms with Crippen LogP contribution in [0.15, 0.2) is 29.2 Å². The average molecular weight is 493 g/mol. The Kier molecular flexibility index (Phi) is 10.4. The van der Waals surface area contributed by atoms with Gasteiger partial charge >= 0.3 is 0 Å². The van der Waals surface area contributed by atoms with Crippen molar-refractivity contribution in [2.24, 2.45) is 17.8 Å². The molecular formula is C23H41FN2O4S2. The normalized spacial score (nSPS) is 24.5. The lowest BCUT2D eigenvalue weighted by Gasteiger charge is -2.36. The zero-order chi connectivity index (χ0) is 23.9. The third-order valence-electron chi connectivity index (χ3n) is 6.30. The maximum atomic E-state index is 13.1. The van der Waals surface area contributed by atoms with Crippen molar-refractivity contribution < 1.29 is 25.6 Å². The van der Waals surface area contributed by atoms with Crippen LogP contribution in [-0.4, -0.2) is 49.6 Å². The predicted octanol–water partition coefficient (Wildman–Crippen LogP) is 4.05. The lowest BCUT2D eigenvalue weighted by Crippen LogP contribution is -2.53. The number of carbonyl (C=O) groups is 1. The van der Waals surface area contributed by atoms with Crippen molar-refractivity contribution in [2.75, 3.05) is 12.0 Å². The lowest BCUT2D eigenvalue weighted by molar-refractivity contribution is -0.124. The highest BCUT2D eigenvalue weighted by Gasteiger charge is 2.31. The molecule has 0 aliphatic heterocycles. The number of rotatable bonds is 11. The molecule has 0 heterocycles. The summed E-state index contributed by atoms with van der Waals surface area (Å²) in [5.74, 6) is 0.915. The van der Waals surface area contributed by atoms with Gasteiger partial charge in [-0.15, -0.1) is 11.8 Å². The van der Waals surface area contributed by atoms with Gasteiger partial charge in [-0.25, -0.2) is 17.5 Å². The van der Waals surface area contributed by atoms with Gasteiger partial charge in [-0.05, 0) is 61.3 Å². The Labute approximate surface area is 199 Å². The van der Waals surface area contributed by atoms with E-state index in [1.54, 1.807) is 12.1 Å². The summed E-state index contributed by atoms with van der Waals surface area (Å²) in [4.78, 5) is 13.7. The Morgan fingerprint density at radius 2 is 1.94 bits per heavy atom. The number of aliphatic hydroxyl groups excluding tert-OH is 1. The molecule has 6 nitrogen and oxygen atoms in total. The fourth-order valence-corrected chi connectivity index (χ4v) is 6.07. The molecule has 1 unspecified atom stereocenters. The molecule has 1 aromatic carbocycles. The summed E-state index contributed by atoms with van der Waals surface area (Å²) in [6.07, 6.45) is 4.93. The zero-order valence-corrected chi connectivity index (χ0v) is 21.0. The van der Waals surface area contributed by atoms with E-state index in [0.29, 0.717) is 30.6 Å². The smallest absolute Gasteiger partial charge is 0.239 e. The first kappa shape index (κ1) is 27.1. The molecule has 1 saturated carbocycles. The van der Waals surface area contributed by atoms with E-state index >= 15 is 0 Å². The fourth-order valence-electron chi connectivity index (χ4n) is 4.34. The summed E-state index contributed by atoms with van der Waals surface area (Å²) >= 11 is 1.26. The third kappa shape index (κ3) is 9.00. The van der Waals surface area contributed by atoms with Crippen molar-refractivity contribution in [3.05, 3.63) is 30.1 Å². The Bertz CT molecular complexity index is 846. The van der Waals surface area contributed by atoms with E-state index in [1.807, 2.05) is 6.92 Å². The Morgan fingerprint density at radius 3 is 2.53 bits per heavy atom. The molecule has 0 aromatic heterocycles. The Morgan fingerprint density at radius 1 is 1.28 bits per heavy atom. The van der Waals surface area contributed by atoms with Gasteiger partial charge in [-0.3, -0.25) is 4.79 Å². The van der Waals surface area contributed by atoms with Crippen molar-refractivity contribution in [1.29, 1.82) is 0 Å². The Hall–Kier alpha value is -1.16. The Balaban J connectivity index is 0.00000544. The number of amides is 1. The van der Waals surface area contributed by atoms with Gasteiger partial charge in [0, 0.05) is 13.5 Å². The molecule has 0 saturated heterocycles. The molecule has 1 fully saturated rings. The van der Waals surface area contributed by atoms with Crippen LogP contribution in [0.1, 0.15) is 55.7 Å². The average Bonchev–Trinajstić information content (AvgIpc) is 2.72. The molecule has 9 heteroatoms. The van der Waals surface area contributed by atoms with Crippen LogP contribution in [-0.2, 0) is 14.8 Å². The molecule has 0 bridgehead atoms. The van der Waals surface area contributed by atoms with Crippen LogP contribution < -0.4 is 10.0 Å². The van der Waals surface area contributed by atoms with Gasteiger partial charge in [0.25, 0.3) is 0 Å². The first-order chi connectivity index (χ1) is 15.0. The molecule has 32 heavy (non-hydrogen) atoms. The molecule has 1 aliphatic carbocycles. The topological polar surface area (TPSA) is 95.5 Å². The number of hydrogen-bond donors (Lipinski definition) is 3. The lowest BCUT2D eigenvalue weighted by atomic mass is 9.73. The number of carbonyl (C=O) groups excluding carboxylic acids is 1. The van der Waals surface area contributed by atoms with Gasteiger partial charge in [0.2, 0.25) is 15.9 Å². The first-order valence-corrected chi connectivity index (χ1v) is 14.2. The number of benzene rings is 1. The number of halogens is 1. The molecule has 1 amide bonds. The van der Waals surface area contributed by atoms with Gasteiger partial charge in [0.05, 0.1) is 18.4 Å². The van der Waals surface area contributed by atoms with Gasteiger partial charge in [-0.1, -0.05) is 33.6 Å². The standard InChI is InChI=1S/C23H37FN2O4S2.2H2/c1-5-20(22(27)13-17-12-15(2)6-7-16(17)3)25-23(28)21(26-32(4,29)30)14-31-19-10-8-18(24)9-11-19;;/h8-11,15-17,20-22,26-27H,5-7,12-14H2,1-4H3,(H,25,28);2*1H/t15-,16+,17?,20-,21+,22+;;/m0../s1. The minimum Gasteiger partial charge on any atom is -0.391 e. The monoisotopic (exact) mass is 492 g/mol. The molecule has 186 valence electrons. The van der Waals surface area contributed by atoms with Gasteiger partial charge in [-0.2, -0.15) is 0 Å². The quantitative estimate of drug-likeness (QED) is 0.405. The van der Waals surface area contributed by atoms with E-state index in [2.05, 4.69) is 23.9 Å². The molecule has 3 N–H and O–H groups in total. The second-order valence-corrected chi connectivity index (χ2v) is 12.1. The molecule has 1 aromatic rings. The predicted molar refractivity (Wildman–Crippen MR) is 132 cm³/mol. The van der Waals surface area contributed by atoms with E-state index in [0.717, 1.165) is 24.0 Å². The molecular weight excluding hydrogens is 451 g/mol. The van der Waals surface area contributed by atoms with Crippen LogP contribution in [0.2, 0.25) is 0 Å². The molecule has 2 rings (SSSR count). The highest BCUT2D eigenvalue weighted by atomic mass is 32.2. The maximum Gasteiger partial charge on any atom is 0.239 e. The fraction of sp³-hybridized carbons (Fsp3) is 0.696. The van der Waals surface area contributed by atoms with Crippen LogP contribution in [0.4, 0.5) is 4.39 Å². The first-order valence-electron chi connectivity index (χ1n) is 11.3. The number of hydrogen-bond acceptors (Lipinski definition) is 5. The number of nitrogens with one attached hydrogen (secondary N) is 2. The second kappa shape index (κ2) is 12.3. The minimum absolute atomic E-state index is 0. The number of aliphatic hydroxyl groups is 1. The number of sulfonamides is 1. The minimum atomic E-state index is -3.63. The summed E-state index contributed by atoms with van der Waals surface area (Å²) in [5.41, 5.74) is 0. The molecule has 0 spiro atoms. The largest absolute Gasteiger partial charge is 0.391 e. The summed E-state index contributed by atoms with van der Waals surface area (Å²) in [6, 6.07) is 4.35. The van der Waals surface area contributed by atoms with E-state index in [-0.39, 0.29) is 14.4 Å². The van der Waals surface area contributed by atoms with E-state index in [4.69, 9.17) is 0 Å². The highest BCUT2D eigenvalue weighted by molar-refractivity contribution is 7.99. The van der Waals surface area contributed by atoms with Crippen LogP contribution in [0.3, 0.4) is 0 Å². The maximum absolute atomic E-state index is 13.1. The zero-order valence-electron chi connectivity index (χ0n) is 19.4. The molecule has 0 radical (unpaired) electrons. The highest BCUT2D eigenvalue weighted by Crippen LogP contribution is 2.36. The van der Waals surface area contributed by atoms with Crippen molar-refractivity contribution in [1.82, 2.24) is 10.0 Å². The van der Waals surface area contributed by atoms with Crippen molar-refractivity contribution in [3.63, 3.8) is 0 Å². The van der Waals surface area contributed by atoms with Crippen LogP contribution in [0, 0.1) is 23.6 Å². The van der Waals surface area contributed by atoms with Crippen molar-refractivity contribution in [3.8, 4) is 0 Å². The van der Waals surface area contributed by atoms with Gasteiger partial charge in [0.1, 0.15) is 11.9 Å². The summed E-state index contributed by atoms with van der Waals surface area (Å²) in [5, 5.41) is 13.7. The summed E-state index contributed by atoms with van der Waals surface area (Å²) < 4.78 is 39.1. The van der Waals surface area contributed by atoms with Crippen molar-refractivity contribution in [2.45, 2.75) is 76.0 Å². The van der Waals surface area contributed by atoms with E-state index in [9.17, 15) is 22.7 Å². The molecule has 1 aliphatic rings. The summed E-state index contributed by atoms with van der Waals surface area (Å²) in [6.45, 7) is 6.36. The van der Waals surface area contributed by atoms with Crippen LogP contribution in [0.5, 0.6) is 0 Å².